The van der Waals surface area contributed by atoms with E-state index in [9.17, 15) is 8.42 Å². The van der Waals surface area contributed by atoms with Crippen molar-refractivity contribution in [3.8, 4) is 11.3 Å². The lowest BCUT2D eigenvalue weighted by molar-refractivity contribution is 0.302. The summed E-state index contributed by atoms with van der Waals surface area (Å²) in [5, 5.41) is 5.30. The summed E-state index contributed by atoms with van der Waals surface area (Å²) in [7, 11) is -3.18. The van der Waals surface area contributed by atoms with E-state index in [1.54, 1.807) is 10.9 Å². The van der Waals surface area contributed by atoms with Crippen molar-refractivity contribution in [2.75, 3.05) is 18.8 Å². The predicted molar refractivity (Wildman–Crippen MR) is 93.9 cm³/mol. The van der Waals surface area contributed by atoms with Crippen LogP contribution in [-0.2, 0) is 10.0 Å². The van der Waals surface area contributed by atoms with Crippen molar-refractivity contribution < 1.29 is 8.42 Å². The molecule has 1 aliphatic rings. The van der Waals surface area contributed by atoms with E-state index in [1.807, 2.05) is 32.3 Å². The highest BCUT2D eigenvalue weighted by Crippen LogP contribution is 2.28. The van der Waals surface area contributed by atoms with Gasteiger partial charge < -0.3 is 4.98 Å². The first-order valence-electron chi connectivity index (χ1n) is 8.10. The van der Waals surface area contributed by atoms with Crippen molar-refractivity contribution in [3.05, 3.63) is 37.0 Å². The number of H-pyrrole nitrogens is 1. The lowest BCUT2D eigenvalue weighted by Crippen LogP contribution is -2.52. The van der Waals surface area contributed by atoms with Crippen LogP contribution in [0.5, 0.6) is 0 Å². The number of aromatic amines is 1. The van der Waals surface area contributed by atoms with Crippen molar-refractivity contribution >= 4 is 21.1 Å². The van der Waals surface area contributed by atoms with Crippen LogP contribution in [0.1, 0.15) is 13.8 Å². The van der Waals surface area contributed by atoms with E-state index in [0.717, 1.165) is 28.3 Å². The minimum Gasteiger partial charge on any atom is -0.346 e. The number of nitrogens with zero attached hydrogens (tertiary/aromatic N) is 5. The highest BCUT2D eigenvalue weighted by atomic mass is 32.2. The first-order chi connectivity index (χ1) is 11.9. The summed E-state index contributed by atoms with van der Waals surface area (Å²) in [4.78, 5) is 11.6. The Balaban J connectivity index is 1.51. The Bertz CT molecular complexity index is 1000. The molecular formula is C16H19N6O2S. The summed E-state index contributed by atoms with van der Waals surface area (Å²) < 4.78 is 27.7. The molecule has 25 heavy (non-hydrogen) atoms. The molecule has 0 atom stereocenters. The van der Waals surface area contributed by atoms with Gasteiger partial charge in [0.1, 0.15) is 18.0 Å². The van der Waals surface area contributed by atoms with Gasteiger partial charge >= 0.3 is 0 Å². The molecule has 0 aromatic carbocycles. The SMILES string of the molecule is CC(C)CS(=O)(=O)N1C[C](n2cc(-c3ncnc4[nH]ccc34)cn2)C1. The minimum atomic E-state index is -3.18. The zero-order valence-corrected chi connectivity index (χ0v) is 14.9. The predicted octanol–water partition coefficient (Wildman–Crippen LogP) is 1.50. The van der Waals surface area contributed by atoms with Crippen molar-refractivity contribution in [3.63, 3.8) is 0 Å². The van der Waals surface area contributed by atoms with Crippen LogP contribution in [0.25, 0.3) is 22.3 Å². The van der Waals surface area contributed by atoms with Gasteiger partial charge in [0.2, 0.25) is 10.0 Å². The van der Waals surface area contributed by atoms with Crippen LogP contribution < -0.4 is 0 Å². The molecule has 3 aromatic rings. The molecule has 1 fully saturated rings. The topological polar surface area (TPSA) is 96.8 Å². The van der Waals surface area contributed by atoms with E-state index in [0.29, 0.717) is 13.1 Å². The second-order valence-corrected chi connectivity index (χ2v) is 8.66. The molecule has 1 aliphatic heterocycles. The molecule has 0 amide bonds. The van der Waals surface area contributed by atoms with Crippen molar-refractivity contribution in [2.45, 2.75) is 13.8 Å². The van der Waals surface area contributed by atoms with E-state index in [1.165, 1.54) is 10.6 Å². The fourth-order valence-electron chi connectivity index (χ4n) is 2.95. The molecule has 1 N–H and O–H groups in total. The van der Waals surface area contributed by atoms with Gasteiger partial charge in [-0.25, -0.2) is 18.4 Å². The molecule has 0 saturated carbocycles. The average Bonchev–Trinajstić information content (AvgIpc) is 3.11. The zero-order valence-electron chi connectivity index (χ0n) is 14.0. The van der Waals surface area contributed by atoms with Gasteiger partial charge in [-0.3, -0.25) is 4.68 Å². The number of sulfonamides is 1. The Morgan fingerprint density at radius 1 is 1.28 bits per heavy atom. The minimum absolute atomic E-state index is 0.117. The largest absolute Gasteiger partial charge is 0.346 e. The fourth-order valence-corrected chi connectivity index (χ4v) is 4.69. The maximum Gasteiger partial charge on any atom is 0.214 e. The molecule has 3 aromatic heterocycles. The second-order valence-electron chi connectivity index (χ2n) is 6.64. The van der Waals surface area contributed by atoms with E-state index < -0.39 is 10.0 Å². The van der Waals surface area contributed by atoms with E-state index in [2.05, 4.69) is 20.1 Å². The smallest absolute Gasteiger partial charge is 0.214 e. The summed E-state index contributed by atoms with van der Waals surface area (Å²) >= 11 is 0. The van der Waals surface area contributed by atoms with Crippen LogP contribution in [0, 0.1) is 12.0 Å². The van der Waals surface area contributed by atoms with Gasteiger partial charge in [0.15, 0.2) is 0 Å². The second kappa shape index (κ2) is 5.92. The van der Waals surface area contributed by atoms with Crippen molar-refractivity contribution in [1.82, 2.24) is 29.0 Å². The maximum atomic E-state index is 12.2. The summed E-state index contributed by atoms with van der Waals surface area (Å²) in [5.41, 5.74) is 2.46. The molecule has 0 aliphatic carbocycles. The molecule has 1 saturated heterocycles. The zero-order chi connectivity index (χ0) is 17.6. The molecule has 4 rings (SSSR count). The van der Waals surface area contributed by atoms with Gasteiger partial charge in [0.05, 0.1) is 17.6 Å². The standard InChI is InChI=1S/C16H19N6O2S/c1-11(2)9-25(23,24)21-7-13(8-21)22-6-12(5-20-22)15-14-3-4-17-16(14)19-10-18-15/h3-6,10-11H,7-9H2,1-2H3,(H,17,18,19). The Hall–Kier alpha value is -2.26. The van der Waals surface area contributed by atoms with Crippen molar-refractivity contribution in [1.29, 1.82) is 0 Å². The fraction of sp³-hybridized carbons (Fsp3) is 0.375. The number of hydrogen-bond acceptors (Lipinski definition) is 5. The maximum absolute atomic E-state index is 12.2. The number of nitrogens with one attached hydrogen (secondary N) is 1. The number of rotatable bonds is 5. The Labute approximate surface area is 145 Å². The third-order valence-electron chi connectivity index (χ3n) is 4.19. The third kappa shape index (κ3) is 2.93. The molecule has 4 heterocycles. The molecule has 8 nitrogen and oxygen atoms in total. The van der Waals surface area contributed by atoms with Crippen molar-refractivity contribution in [2.24, 2.45) is 5.92 Å². The first kappa shape index (κ1) is 16.2. The number of aromatic nitrogens is 5. The summed E-state index contributed by atoms with van der Waals surface area (Å²) in [6.45, 7) is 4.59. The lowest BCUT2D eigenvalue weighted by Gasteiger charge is -2.37. The first-order valence-corrected chi connectivity index (χ1v) is 9.71. The highest BCUT2D eigenvalue weighted by Gasteiger charge is 2.38. The Kier molecular flexibility index (Phi) is 3.84. The molecule has 1 radical (unpaired) electrons. The normalized spacial score (nSPS) is 16.6. The summed E-state index contributed by atoms with van der Waals surface area (Å²) in [6, 6.07) is 2.89. The van der Waals surface area contributed by atoms with Crippen LogP contribution in [0.15, 0.2) is 31.0 Å². The van der Waals surface area contributed by atoms with E-state index >= 15 is 0 Å². The lowest BCUT2D eigenvalue weighted by atomic mass is 10.1. The van der Waals surface area contributed by atoms with Gasteiger partial charge in [-0.1, -0.05) is 13.8 Å². The Morgan fingerprint density at radius 3 is 2.84 bits per heavy atom. The van der Waals surface area contributed by atoms with Gasteiger partial charge in [-0.15, -0.1) is 0 Å². The van der Waals surface area contributed by atoms with Crippen LogP contribution in [0.4, 0.5) is 0 Å². The van der Waals surface area contributed by atoms with Crippen LogP contribution in [0.3, 0.4) is 0 Å². The van der Waals surface area contributed by atoms with Gasteiger partial charge in [-0.05, 0) is 12.0 Å². The monoisotopic (exact) mass is 359 g/mol. The Morgan fingerprint density at radius 2 is 2.08 bits per heavy atom. The quantitative estimate of drug-likeness (QED) is 0.745. The number of hydrogen-bond donors (Lipinski definition) is 1. The molecule has 0 spiro atoms. The number of fused-ring (bicyclic) bond motifs is 1. The van der Waals surface area contributed by atoms with Crippen LogP contribution >= 0.6 is 0 Å². The van der Waals surface area contributed by atoms with Crippen LogP contribution in [0.2, 0.25) is 0 Å². The summed E-state index contributed by atoms with van der Waals surface area (Å²) in [6.07, 6.45) is 6.97. The molecule has 0 bridgehead atoms. The van der Waals surface area contributed by atoms with E-state index in [4.69, 9.17) is 0 Å². The molecule has 0 unspecified atom stereocenters. The van der Waals surface area contributed by atoms with Crippen LogP contribution in [-0.4, -0.2) is 56.3 Å². The average molecular weight is 359 g/mol. The molecule has 131 valence electrons. The molecule has 9 heteroatoms. The van der Waals surface area contributed by atoms with Gasteiger partial charge in [0.25, 0.3) is 0 Å². The van der Waals surface area contributed by atoms with Gasteiger partial charge in [-0.2, -0.15) is 9.40 Å². The van der Waals surface area contributed by atoms with E-state index in [-0.39, 0.29) is 11.7 Å². The summed E-state index contributed by atoms with van der Waals surface area (Å²) in [5.74, 6) is 0.295. The third-order valence-corrected chi connectivity index (χ3v) is 6.32. The molecular weight excluding hydrogens is 340 g/mol. The highest BCUT2D eigenvalue weighted by molar-refractivity contribution is 7.89. The van der Waals surface area contributed by atoms with Gasteiger partial charge in [0, 0.05) is 36.4 Å².